The monoisotopic (exact) mass is 1010 g/mol. The largest absolute Gasteiger partial charge is 3.00 e. The van der Waals surface area contributed by atoms with E-state index >= 15 is 4.39 Å². The van der Waals surface area contributed by atoms with E-state index in [-0.39, 0.29) is 64.8 Å². The number of aryl methyl sites for hydroxylation is 6. The van der Waals surface area contributed by atoms with Gasteiger partial charge in [-0.2, -0.15) is 0 Å². The molecule has 0 radical (unpaired) electrons. The Bertz CT molecular complexity index is 3610. The van der Waals surface area contributed by atoms with Crippen molar-refractivity contribution in [1.82, 2.24) is 15.0 Å². The van der Waals surface area contributed by atoms with Crippen molar-refractivity contribution in [1.29, 1.82) is 0 Å². The fourth-order valence-corrected chi connectivity index (χ4v) is 6.96. The predicted octanol–water partition coefficient (Wildman–Crippen LogP) is 13.3. The van der Waals surface area contributed by atoms with Crippen LogP contribution in [-0.4, -0.2) is 15.0 Å². The van der Waals surface area contributed by atoms with Crippen molar-refractivity contribution in [2.45, 2.75) is 38.2 Å². The van der Waals surface area contributed by atoms with E-state index in [1.165, 1.54) is 36.4 Å². The Labute approximate surface area is 399 Å². The number of hydrogen-bond acceptors (Lipinski definition) is 4. The van der Waals surface area contributed by atoms with Crippen molar-refractivity contribution >= 4 is 21.9 Å². The van der Waals surface area contributed by atoms with Crippen molar-refractivity contribution in [2.75, 3.05) is 0 Å². The topological polar surface area (TPSA) is 51.8 Å². The first-order chi connectivity index (χ1) is 35.6. The van der Waals surface area contributed by atoms with E-state index in [4.69, 9.17) is 5.79 Å². The Morgan fingerprint density at radius 1 is 0.508 bits per heavy atom. The third-order valence-electron chi connectivity index (χ3n) is 10.0. The fraction of sp³-hybridized carbons (Fsp3) is 0.105. The molecule has 4 heterocycles. The van der Waals surface area contributed by atoms with Gasteiger partial charge in [0.05, 0.1) is 6.95 Å². The molecular formula is C57H41FIrN3O. The van der Waals surface area contributed by atoms with Crippen LogP contribution < -0.4 is 0 Å². The average Bonchev–Trinajstić information content (AvgIpc) is 3.83. The van der Waals surface area contributed by atoms with E-state index in [1.807, 2.05) is 0 Å². The molecule has 0 N–H and O–H groups in total. The van der Waals surface area contributed by atoms with Gasteiger partial charge >= 0.3 is 20.1 Å². The summed E-state index contributed by atoms with van der Waals surface area (Å²) in [6.07, 6.45) is -14.9. The molecular weight excluding hydrogens is 954 g/mol. The van der Waals surface area contributed by atoms with Crippen molar-refractivity contribution in [2.24, 2.45) is 0 Å². The molecule has 0 saturated heterocycles. The molecule has 0 atom stereocenters. The molecule has 0 aliphatic rings. The number of furan rings is 1. The summed E-state index contributed by atoms with van der Waals surface area (Å²) >= 11 is 0. The third-order valence-corrected chi connectivity index (χ3v) is 10.0. The van der Waals surface area contributed by atoms with Crippen LogP contribution in [0.1, 0.15) is 51.2 Å². The van der Waals surface area contributed by atoms with Crippen LogP contribution >= 0.6 is 0 Å². The molecule has 6 aromatic carbocycles. The van der Waals surface area contributed by atoms with Crippen LogP contribution in [0, 0.1) is 24.0 Å². The van der Waals surface area contributed by atoms with Gasteiger partial charge in [0.1, 0.15) is 11.4 Å². The van der Waals surface area contributed by atoms with Gasteiger partial charge in [-0.1, -0.05) is 95.9 Å². The van der Waals surface area contributed by atoms with Gasteiger partial charge in [-0.25, -0.2) is 4.39 Å². The SMILES string of the molecule is [2H]c1c(F)c(-c2ccccc2)cc2c1oc1c(-c3ccc(C([2H])([2H])C([2H])([2H])c4cc(C([2H])([2H])C([2H])([2H])c5ccc(-c6[c-]cccc6)nc5)cc(C([2H])([2H])C([2H])([2H])c5ccc(-c6[c-]cccc6)nc5)c4)cn3)[c-]ccc12.[Ir+3]. The molecule has 4 nitrogen and oxygen atoms in total. The standard InChI is InChI=1S/C57H41FN3O.Ir/c58-52-35-56-51(34-50(52)45-11-4-1-5-12-45)48-17-10-18-49(57(48)62-56)55-30-27-41(38-61-55)21-24-44-32-42(22-19-39-25-28-53(59-36-39)46-13-6-2-7-14-46)31-43(33-44)23-20-40-26-29-54(60-37-40)47-15-8-3-9-16-47;/h1-13,15,17,25-38H,19-24H2;/q-3;+3/i19D2,20D2,21D2,22D2,23D2,24D2,35D;. The quantitative estimate of drug-likeness (QED) is 0.108. The van der Waals surface area contributed by atoms with Gasteiger partial charge in [0, 0.05) is 52.0 Å². The van der Waals surface area contributed by atoms with Gasteiger partial charge in [-0.15, -0.1) is 90.0 Å². The Hall–Kier alpha value is -6.85. The first-order valence-electron chi connectivity index (χ1n) is 26.2. The number of pyridine rings is 3. The molecule has 6 heteroatoms. The van der Waals surface area contributed by atoms with Gasteiger partial charge < -0.3 is 19.4 Å². The van der Waals surface area contributed by atoms with E-state index in [1.54, 1.807) is 97.1 Å². The molecule has 0 aliphatic heterocycles. The second-order valence-corrected chi connectivity index (χ2v) is 14.2. The van der Waals surface area contributed by atoms with Crippen LogP contribution in [-0.2, 0) is 58.3 Å². The minimum absolute atomic E-state index is 0. The van der Waals surface area contributed by atoms with Gasteiger partial charge in [-0.3, -0.25) is 0 Å². The number of fused-ring (bicyclic) bond motifs is 3. The van der Waals surface area contributed by atoms with Crippen LogP contribution in [0.15, 0.2) is 181 Å². The van der Waals surface area contributed by atoms with Crippen molar-refractivity contribution in [3.8, 4) is 44.9 Å². The van der Waals surface area contributed by atoms with Crippen LogP contribution in [0.4, 0.5) is 4.39 Å². The summed E-state index contributed by atoms with van der Waals surface area (Å²) in [4.78, 5) is 13.2. The maximum Gasteiger partial charge on any atom is 3.00 e. The van der Waals surface area contributed by atoms with Crippen LogP contribution in [0.3, 0.4) is 0 Å². The minimum atomic E-state index is -3.17. The number of rotatable bonds is 13. The first kappa shape index (κ1) is 28.7. The molecule has 10 rings (SSSR count). The van der Waals surface area contributed by atoms with E-state index in [0.29, 0.717) is 38.9 Å². The number of benzene rings is 6. The fourth-order valence-electron chi connectivity index (χ4n) is 6.96. The van der Waals surface area contributed by atoms with Crippen LogP contribution in [0.25, 0.3) is 66.8 Å². The van der Waals surface area contributed by atoms with Crippen LogP contribution in [0.5, 0.6) is 0 Å². The van der Waals surface area contributed by atoms with Gasteiger partial charge in [0.2, 0.25) is 0 Å². The summed E-state index contributed by atoms with van der Waals surface area (Å²) in [7, 11) is 0. The Balaban J connectivity index is 0.00000706. The van der Waals surface area contributed by atoms with Crippen molar-refractivity contribution in [3.05, 3.63) is 234 Å². The average molecular weight is 1010 g/mol. The second-order valence-electron chi connectivity index (χ2n) is 14.2. The maximum absolute atomic E-state index is 15.7. The Kier molecular flexibility index (Phi) is 8.67. The van der Waals surface area contributed by atoms with E-state index in [0.717, 1.165) is 36.8 Å². The minimum Gasteiger partial charge on any atom is -0.500 e. The molecule has 4 aromatic heterocycles. The summed E-state index contributed by atoms with van der Waals surface area (Å²) in [5.74, 6) is -0.769. The van der Waals surface area contributed by atoms with Crippen molar-refractivity contribution < 1.29 is 46.7 Å². The van der Waals surface area contributed by atoms with E-state index in [9.17, 15) is 16.4 Å². The molecule has 0 aliphatic carbocycles. The summed E-state index contributed by atoms with van der Waals surface area (Å²) in [6.45, 7) is 0. The smallest absolute Gasteiger partial charge is 0.500 e. The summed E-state index contributed by atoms with van der Waals surface area (Å²) in [5, 5.41) is 1.00. The molecule has 0 spiro atoms. The zero-order valence-corrected chi connectivity index (χ0v) is 35.5. The molecule has 0 fully saturated rings. The predicted molar refractivity (Wildman–Crippen MR) is 247 cm³/mol. The molecule has 63 heavy (non-hydrogen) atoms. The normalized spacial score (nSPS) is 15.6. The number of aromatic nitrogens is 3. The molecule has 0 bridgehead atoms. The first-order valence-corrected chi connectivity index (χ1v) is 19.7. The third kappa shape index (κ3) is 9.49. The van der Waals surface area contributed by atoms with Crippen molar-refractivity contribution in [3.63, 3.8) is 0 Å². The summed E-state index contributed by atoms with van der Waals surface area (Å²) in [6, 6.07) is 47.6. The number of nitrogens with zero attached hydrogens (tertiary/aromatic N) is 3. The summed E-state index contributed by atoms with van der Waals surface area (Å²) < 4.78 is 143. The van der Waals surface area contributed by atoms with Gasteiger partial charge in [0.15, 0.2) is 0 Å². The van der Waals surface area contributed by atoms with Gasteiger partial charge in [-0.05, 0) is 100 Å². The number of halogens is 1. The summed E-state index contributed by atoms with van der Waals surface area (Å²) in [5.41, 5.74) is 0.974. The maximum atomic E-state index is 15.7. The molecule has 0 unspecified atom stereocenters. The van der Waals surface area contributed by atoms with Gasteiger partial charge in [0.25, 0.3) is 0 Å². The zero-order valence-electron chi connectivity index (χ0n) is 46.1. The van der Waals surface area contributed by atoms with E-state index < -0.39 is 66.8 Å². The number of hydrogen-bond donors (Lipinski definition) is 0. The van der Waals surface area contributed by atoms with Crippen LogP contribution in [0.2, 0.25) is 0 Å². The Morgan fingerprint density at radius 2 is 1.02 bits per heavy atom. The van der Waals surface area contributed by atoms with E-state index in [2.05, 4.69) is 33.2 Å². The molecule has 0 amide bonds. The molecule has 10 aromatic rings. The second kappa shape index (κ2) is 19.0. The molecule has 0 saturated carbocycles. The molecule has 306 valence electrons. The Morgan fingerprint density at radius 3 is 1.51 bits per heavy atom. The zero-order chi connectivity index (χ0) is 53.3.